The molecule has 1 saturated heterocycles. The van der Waals surface area contributed by atoms with E-state index in [1.54, 1.807) is 38.3 Å². The van der Waals surface area contributed by atoms with E-state index < -0.39 is 6.10 Å². The third-order valence-electron chi connectivity index (χ3n) is 5.09. The Bertz CT molecular complexity index is 888. The molecule has 29 heavy (non-hydrogen) atoms. The van der Waals surface area contributed by atoms with E-state index >= 15 is 0 Å². The number of aliphatic hydroxyl groups is 1. The fraction of sp³-hybridized carbons (Fsp3) is 0.381. The Hall–Kier alpha value is -2.49. The summed E-state index contributed by atoms with van der Waals surface area (Å²) in [5.74, 6) is 0.539. The molecule has 4 N–H and O–H groups in total. The molecule has 4 rings (SSSR count). The SMILES string of the molecule is COCC1NC(c2ccc3c(c2)OC[C@H]3NC(=O)c2cccc([C@H](C)O)c2)NO1. The van der Waals surface area contributed by atoms with E-state index in [2.05, 4.69) is 16.1 Å². The van der Waals surface area contributed by atoms with E-state index in [0.717, 1.165) is 16.9 Å². The second kappa shape index (κ2) is 8.48. The lowest BCUT2D eigenvalue weighted by Crippen LogP contribution is -2.30. The number of benzene rings is 2. The smallest absolute Gasteiger partial charge is 0.251 e. The van der Waals surface area contributed by atoms with Crippen LogP contribution in [0.1, 0.15) is 52.3 Å². The topological polar surface area (TPSA) is 101 Å². The number of fused-ring (bicyclic) bond motifs is 1. The summed E-state index contributed by atoms with van der Waals surface area (Å²) in [6, 6.07) is 12.6. The zero-order valence-corrected chi connectivity index (χ0v) is 16.3. The summed E-state index contributed by atoms with van der Waals surface area (Å²) >= 11 is 0. The van der Waals surface area contributed by atoms with Crippen LogP contribution in [0.3, 0.4) is 0 Å². The van der Waals surface area contributed by atoms with Crippen molar-refractivity contribution in [3.05, 3.63) is 64.7 Å². The van der Waals surface area contributed by atoms with Gasteiger partial charge >= 0.3 is 0 Å². The average Bonchev–Trinajstić information content (AvgIpc) is 3.35. The number of rotatable bonds is 6. The van der Waals surface area contributed by atoms with E-state index in [1.165, 1.54) is 0 Å². The summed E-state index contributed by atoms with van der Waals surface area (Å²) < 4.78 is 10.9. The molecule has 0 aromatic heterocycles. The highest BCUT2D eigenvalue weighted by atomic mass is 16.7. The van der Waals surface area contributed by atoms with Crippen molar-refractivity contribution in [1.82, 2.24) is 16.1 Å². The van der Waals surface area contributed by atoms with Crippen LogP contribution in [-0.2, 0) is 9.57 Å². The molecule has 2 heterocycles. The summed E-state index contributed by atoms with van der Waals surface area (Å²) in [4.78, 5) is 18.1. The van der Waals surface area contributed by atoms with Crippen LogP contribution in [0, 0.1) is 0 Å². The molecule has 2 aromatic carbocycles. The number of carbonyl (C=O) groups excluding carboxylic acids is 1. The standard InChI is InChI=1S/C21H25N3O5/c1-12(25)13-4-3-5-15(8-13)21(26)22-17-10-28-18-9-14(6-7-16(17)18)20-23-19(11-27-2)29-24-20/h3-9,12,17,19-20,23-25H,10-11H2,1-2H3,(H,22,26)/t12-,17+,19?,20?/m0/s1. The third kappa shape index (κ3) is 4.26. The highest BCUT2D eigenvalue weighted by molar-refractivity contribution is 5.94. The zero-order chi connectivity index (χ0) is 20.4. The van der Waals surface area contributed by atoms with Crippen molar-refractivity contribution in [2.45, 2.75) is 31.5 Å². The zero-order valence-electron chi connectivity index (χ0n) is 16.3. The van der Waals surface area contributed by atoms with Crippen molar-refractivity contribution in [2.24, 2.45) is 0 Å². The Labute approximate surface area is 169 Å². The van der Waals surface area contributed by atoms with Gasteiger partial charge in [0, 0.05) is 18.2 Å². The lowest BCUT2D eigenvalue weighted by Gasteiger charge is -2.14. The van der Waals surface area contributed by atoms with Gasteiger partial charge in [0.15, 0.2) is 6.23 Å². The van der Waals surface area contributed by atoms with Crippen molar-refractivity contribution in [3.63, 3.8) is 0 Å². The molecule has 4 atom stereocenters. The number of hydroxylamine groups is 1. The molecule has 154 valence electrons. The quantitative estimate of drug-likeness (QED) is 0.587. The van der Waals surface area contributed by atoms with Gasteiger partial charge in [-0.3, -0.25) is 14.9 Å². The van der Waals surface area contributed by atoms with Crippen LogP contribution in [-0.4, -0.2) is 37.6 Å². The molecule has 2 unspecified atom stereocenters. The minimum absolute atomic E-state index is 0.166. The van der Waals surface area contributed by atoms with E-state index in [4.69, 9.17) is 14.3 Å². The molecular weight excluding hydrogens is 374 g/mol. The first-order chi connectivity index (χ1) is 14.0. The Morgan fingerprint density at radius 1 is 1.34 bits per heavy atom. The highest BCUT2D eigenvalue weighted by Crippen LogP contribution is 2.35. The van der Waals surface area contributed by atoms with Gasteiger partial charge in [-0.25, -0.2) is 0 Å². The molecule has 2 aliphatic rings. The average molecular weight is 399 g/mol. The van der Waals surface area contributed by atoms with Crippen LogP contribution in [0.4, 0.5) is 0 Å². The van der Waals surface area contributed by atoms with Crippen LogP contribution >= 0.6 is 0 Å². The number of ether oxygens (including phenoxy) is 2. The van der Waals surface area contributed by atoms with Crippen molar-refractivity contribution in [1.29, 1.82) is 0 Å². The molecule has 2 aromatic rings. The van der Waals surface area contributed by atoms with Gasteiger partial charge in [-0.2, -0.15) is 5.48 Å². The summed E-state index contributed by atoms with van der Waals surface area (Å²) in [6.45, 7) is 2.48. The first-order valence-corrected chi connectivity index (χ1v) is 9.57. The van der Waals surface area contributed by atoms with E-state index in [1.807, 2.05) is 18.2 Å². The first kappa shape index (κ1) is 19.8. The number of hydrogen-bond donors (Lipinski definition) is 4. The van der Waals surface area contributed by atoms with Crippen LogP contribution in [0.15, 0.2) is 42.5 Å². The first-order valence-electron chi connectivity index (χ1n) is 9.57. The summed E-state index contributed by atoms with van der Waals surface area (Å²) in [7, 11) is 1.62. The Morgan fingerprint density at radius 2 is 2.21 bits per heavy atom. The highest BCUT2D eigenvalue weighted by Gasteiger charge is 2.30. The summed E-state index contributed by atoms with van der Waals surface area (Å²) in [5, 5.41) is 16.0. The van der Waals surface area contributed by atoms with Gasteiger partial charge < -0.3 is 19.9 Å². The maximum Gasteiger partial charge on any atom is 0.251 e. The van der Waals surface area contributed by atoms with Gasteiger partial charge in [0.25, 0.3) is 5.91 Å². The molecule has 2 aliphatic heterocycles. The van der Waals surface area contributed by atoms with Gasteiger partial charge in [-0.15, -0.1) is 0 Å². The molecule has 0 saturated carbocycles. The Morgan fingerprint density at radius 3 is 3.00 bits per heavy atom. The normalized spacial score (nSPS) is 24.0. The lowest BCUT2D eigenvalue weighted by atomic mass is 10.0. The van der Waals surface area contributed by atoms with Gasteiger partial charge in [0.1, 0.15) is 18.5 Å². The minimum atomic E-state index is -0.623. The fourth-order valence-corrected chi connectivity index (χ4v) is 3.51. The monoisotopic (exact) mass is 399 g/mol. The molecule has 0 radical (unpaired) electrons. The van der Waals surface area contributed by atoms with Crippen molar-refractivity contribution in [2.75, 3.05) is 20.3 Å². The summed E-state index contributed by atoms with van der Waals surface area (Å²) in [5.41, 5.74) is 6.06. The number of amides is 1. The van der Waals surface area contributed by atoms with Crippen molar-refractivity contribution in [3.8, 4) is 5.75 Å². The van der Waals surface area contributed by atoms with Crippen LogP contribution in [0.5, 0.6) is 5.75 Å². The number of carbonyl (C=O) groups is 1. The molecule has 1 amide bonds. The summed E-state index contributed by atoms with van der Waals surface area (Å²) in [6.07, 6.45) is -1.01. The van der Waals surface area contributed by atoms with Gasteiger partial charge in [-0.05, 0) is 36.2 Å². The Kier molecular flexibility index (Phi) is 5.79. The number of hydrogen-bond acceptors (Lipinski definition) is 7. The molecule has 8 heteroatoms. The third-order valence-corrected chi connectivity index (χ3v) is 5.09. The maximum absolute atomic E-state index is 12.7. The van der Waals surface area contributed by atoms with E-state index in [0.29, 0.717) is 24.3 Å². The van der Waals surface area contributed by atoms with Crippen molar-refractivity contribution >= 4 is 5.91 Å². The Balaban J connectivity index is 1.44. The molecule has 0 bridgehead atoms. The predicted molar refractivity (Wildman–Crippen MR) is 105 cm³/mol. The van der Waals surface area contributed by atoms with Crippen LogP contribution in [0.2, 0.25) is 0 Å². The van der Waals surface area contributed by atoms with Gasteiger partial charge in [-0.1, -0.05) is 24.3 Å². The predicted octanol–water partition coefficient (Wildman–Crippen LogP) is 1.70. The van der Waals surface area contributed by atoms with E-state index in [-0.39, 0.29) is 24.3 Å². The lowest BCUT2D eigenvalue weighted by molar-refractivity contribution is -0.0198. The fourth-order valence-electron chi connectivity index (χ4n) is 3.51. The molecule has 8 nitrogen and oxygen atoms in total. The van der Waals surface area contributed by atoms with Gasteiger partial charge in [0.2, 0.25) is 0 Å². The number of nitrogens with one attached hydrogen (secondary N) is 3. The number of methoxy groups -OCH3 is 1. The van der Waals surface area contributed by atoms with Gasteiger partial charge in [0.05, 0.1) is 18.8 Å². The molecule has 0 aliphatic carbocycles. The minimum Gasteiger partial charge on any atom is -0.491 e. The number of aliphatic hydroxyl groups excluding tert-OH is 1. The van der Waals surface area contributed by atoms with Crippen LogP contribution in [0.25, 0.3) is 0 Å². The second-order valence-electron chi connectivity index (χ2n) is 7.22. The largest absolute Gasteiger partial charge is 0.491 e. The van der Waals surface area contributed by atoms with Crippen molar-refractivity contribution < 1.29 is 24.2 Å². The second-order valence-corrected chi connectivity index (χ2v) is 7.22. The molecule has 0 spiro atoms. The van der Waals surface area contributed by atoms with Crippen LogP contribution < -0.4 is 20.9 Å². The van der Waals surface area contributed by atoms with E-state index in [9.17, 15) is 9.90 Å². The maximum atomic E-state index is 12.7. The molecular formula is C21H25N3O5. The molecule has 1 fully saturated rings.